The van der Waals surface area contributed by atoms with Crippen molar-refractivity contribution >= 4 is 0 Å². The van der Waals surface area contributed by atoms with Crippen molar-refractivity contribution < 1.29 is 9.13 Å². The Kier molecular flexibility index (Phi) is 4.97. The molecule has 3 heteroatoms. The van der Waals surface area contributed by atoms with Gasteiger partial charge in [0.15, 0.2) is 0 Å². The molecule has 2 nitrogen and oxygen atoms in total. The second-order valence-electron chi connectivity index (χ2n) is 5.53. The van der Waals surface area contributed by atoms with Gasteiger partial charge in [-0.15, -0.1) is 0 Å². The van der Waals surface area contributed by atoms with Gasteiger partial charge in [0.1, 0.15) is 11.6 Å². The van der Waals surface area contributed by atoms with Crippen molar-refractivity contribution in [2.45, 2.75) is 25.7 Å². The summed E-state index contributed by atoms with van der Waals surface area (Å²) < 4.78 is 18.9. The molecule has 0 radical (unpaired) electrons. The topological polar surface area (TPSA) is 35.2 Å². The molecule has 0 amide bonds. The number of hydrogen-bond acceptors (Lipinski definition) is 2. The van der Waals surface area contributed by atoms with E-state index in [1.54, 1.807) is 12.1 Å². The van der Waals surface area contributed by atoms with E-state index in [4.69, 9.17) is 10.5 Å². The lowest BCUT2D eigenvalue weighted by molar-refractivity contribution is 0.340. The lowest BCUT2D eigenvalue weighted by Gasteiger charge is -2.29. The molecular formula is C18H22FNO. The maximum atomic E-state index is 13.5. The van der Waals surface area contributed by atoms with Crippen molar-refractivity contribution in [1.82, 2.24) is 0 Å². The first-order chi connectivity index (χ1) is 10.1. The molecule has 1 unspecified atom stereocenters. The summed E-state index contributed by atoms with van der Waals surface area (Å²) in [5.41, 5.74) is 7.78. The van der Waals surface area contributed by atoms with Gasteiger partial charge >= 0.3 is 0 Å². The van der Waals surface area contributed by atoms with E-state index in [1.807, 2.05) is 37.3 Å². The Labute approximate surface area is 125 Å². The first kappa shape index (κ1) is 15.5. The smallest absolute Gasteiger partial charge is 0.123 e. The number of rotatable bonds is 6. The quantitative estimate of drug-likeness (QED) is 0.879. The molecule has 2 rings (SSSR count). The zero-order chi connectivity index (χ0) is 15.3. The molecule has 0 aliphatic carbocycles. The molecule has 0 fully saturated rings. The lowest BCUT2D eigenvalue weighted by atomic mass is 9.77. The minimum Gasteiger partial charge on any atom is -0.494 e. The molecule has 0 spiro atoms. The van der Waals surface area contributed by atoms with E-state index in [2.05, 4.69) is 6.92 Å². The van der Waals surface area contributed by atoms with Crippen LogP contribution >= 0.6 is 0 Å². The van der Waals surface area contributed by atoms with Crippen LogP contribution in [0.2, 0.25) is 0 Å². The molecule has 21 heavy (non-hydrogen) atoms. The van der Waals surface area contributed by atoms with E-state index in [9.17, 15) is 4.39 Å². The lowest BCUT2D eigenvalue weighted by Crippen LogP contribution is -2.34. The minimum atomic E-state index is -0.283. The molecule has 1 atom stereocenters. The predicted octanol–water partition coefficient (Wildman–Crippen LogP) is 3.68. The Morgan fingerprint density at radius 1 is 1.14 bits per heavy atom. The summed E-state index contributed by atoms with van der Waals surface area (Å²) in [6, 6.07) is 14.7. The monoisotopic (exact) mass is 287 g/mol. The molecule has 2 aromatic carbocycles. The summed E-state index contributed by atoms with van der Waals surface area (Å²) in [4.78, 5) is 0. The van der Waals surface area contributed by atoms with Crippen LogP contribution in [0.4, 0.5) is 4.39 Å². The van der Waals surface area contributed by atoms with Gasteiger partial charge in [-0.3, -0.25) is 0 Å². The standard InChI is InChI=1S/C18H22FNO/c1-3-21-17-9-7-14(8-10-17)12-18(2,13-20)15-5-4-6-16(19)11-15/h4-11H,3,12-13,20H2,1-2H3. The van der Waals surface area contributed by atoms with Gasteiger partial charge in [-0.1, -0.05) is 31.2 Å². The van der Waals surface area contributed by atoms with Crippen molar-refractivity contribution in [2.24, 2.45) is 5.73 Å². The van der Waals surface area contributed by atoms with Gasteiger partial charge < -0.3 is 10.5 Å². The fourth-order valence-corrected chi connectivity index (χ4v) is 2.48. The summed E-state index contributed by atoms with van der Waals surface area (Å²) in [7, 11) is 0. The number of hydrogen-bond donors (Lipinski definition) is 1. The van der Waals surface area contributed by atoms with Crippen LogP contribution in [-0.2, 0) is 11.8 Å². The number of halogens is 1. The highest BCUT2D eigenvalue weighted by molar-refractivity contribution is 5.32. The number of nitrogens with two attached hydrogens (primary N) is 1. The van der Waals surface area contributed by atoms with Crippen LogP contribution in [0.5, 0.6) is 5.75 Å². The molecule has 0 saturated heterocycles. The third-order valence-electron chi connectivity index (χ3n) is 3.80. The number of ether oxygens (including phenoxy) is 1. The Bertz CT molecular complexity index is 582. The highest BCUT2D eigenvalue weighted by atomic mass is 19.1. The summed E-state index contributed by atoms with van der Waals surface area (Å²) in [5.74, 6) is 0.639. The molecule has 112 valence electrons. The van der Waals surface area contributed by atoms with Gasteiger partial charge in [0.2, 0.25) is 0 Å². The van der Waals surface area contributed by atoms with E-state index < -0.39 is 0 Å². The van der Waals surface area contributed by atoms with E-state index in [0.717, 1.165) is 23.3 Å². The average molecular weight is 287 g/mol. The molecule has 2 N–H and O–H groups in total. The highest BCUT2D eigenvalue weighted by Crippen LogP contribution is 2.28. The first-order valence-corrected chi connectivity index (χ1v) is 7.25. The second kappa shape index (κ2) is 6.72. The van der Waals surface area contributed by atoms with Gasteiger partial charge in [-0.05, 0) is 48.7 Å². The first-order valence-electron chi connectivity index (χ1n) is 7.25. The van der Waals surface area contributed by atoms with Crippen LogP contribution in [-0.4, -0.2) is 13.2 Å². The predicted molar refractivity (Wildman–Crippen MR) is 84.1 cm³/mol. The van der Waals surface area contributed by atoms with Crippen LogP contribution in [0.25, 0.3) is 0 Å². The molecule has 0 aromatic heterocycles. The summed E-state index contributed by atoms with van der Waals surface area (Å²) in [5, 5.41) is 0. The average Bonchev–Trinajstić information content (AvgIpc) is 2.49. The second-order valence-corrected chi connectivity index (χ2v) is 5.53. The molecule has 0 aliphatic rings. The van der Waals surface area contributed by atoms with Crippen molar-refractivity contribution in [3.05, 3.63) is 65.5 Å². The van der Waals surface area contributed by atoms with Crippen LogP contribution in [0, 0.1) is 5.82 Å². The van der Waals surface area contributed by atoms with Crippen LogP contribution in [0.3, 0.4) is 0 Å². The molecule has 0 heterocycles. The third kappa shape index (κ3) is 3.82. The molecular weight excluding hydrogens is 265 g/mol. The largest absolute Gasteiger partial charge is 0.494 e. The van der Waals surface area contributed by atoms with E-state index in [1.165, 1.54) is 6.07 Å². The van der Waals surface area contributed by atoms with Gasteiger partial charge in [-0.2, -0.15) is 0 Å². The van der Waals surface area contributed by atoms with Crippen molar-refractivity contribution in [3.8, 4) is 5.75 Å². The summed E-state index contributed by atoms with van der Waals surface area (Å²) in [6.45, 7) is 5.15. The van der Waals surface area contributed by atoms with E-state index in [0.29, 0.717) is 13.2 Å². The van der Waals surface area contributed by atoms with Crippen LogP contribution in [0.1, 0.15) is 25.0 Å². The Morgan fingerprint density at radius 2 is 1.86 bits per heavy atom. The zero-order valence-electron chi connectivity index (χ0n) is 12.6. The summed E-state index contributed by atoms with van der Waals surface area (Å²) in [6.07, 6.45) is 0.763. The van der Waals surface area contributed by atoms with E-state index >= 15 is 0 Å². The van der Waals surface area contributed by atoms with Crippen molar-refractivity contribution in [2.75, 3.05) is 13.2 Å². The molecule has 0 bridgehead atoms. The Morgan fingerprint density at radius 3 is 2.43 bits per heavy atom. The fourth-order valence-electron chi connectivity index (χ4n) is 2.48. The highest BCUT2D eigenvalue weighted by Gasteiger charge is 2.25. The molecule has 0 saturated carbocycles. The summed E-state index contributed by atoms with van der Waals surface area (Å²) >= 11 is 0. The molecule has 0 aliphatic heterocycles. The van der Waals surface area contributed by atoms with E-state index in [-0.39, 0.29) is 11.2 Å². The SMILES string of the molecule is CCOc1ccc(CC(C)(CN)c2cccc(F)c2)cc1. The van der Waals surface area contributed by atoms with Crippen LogP contribution in [0.15, 0.2) is 48.5 Å². The van der Waals surface area contributed by atoms with Crippen molar-refractivity contribution in [1.29, 1.82) is 0 Å². The van der Waals surface area contributed by atoms with Gasteiger partial charge in [0.05, 0.1) is 6.61 Å². The zero-order valence-corrected chi connectivity index (χ0v) is 12.6. The fraction of sp³-hybridized carbons (Fsp3) is 0.333. The normalized spacial score (nSPS) is 13.7. The van der Waals surface area contributed by atoms with Gasteiger partial charge in [0.25, 0.3) is 0 Å². The minimum absolute atomic E-state index is 0.223. The van der Waals surface area contributed by atoms with Gasteiger partial charge in [-0.25, -0.2) is 4.39 Å². The van der Waals surface area contributed by atoms with Gasteiger partial charge in [0, 0.05) is 12.0 Å². The molecule has 2 aromatic rings. The Hall–Kier alpha value is -1.87. The number of benzene rings is 2. The maximum Gasteiger partial charge on any atom is 0.123 e. The third-order valence-corrected chi connectivity index (χ3v) is 3.80. The Balaban J connectivity index is 2.21. The van der Waals surface area contributed by atoms with Crippen molar-refractivity contribution in [3.63, 3.8) is 0 Å². The maximum absolute atomic E-state index is 13.5. The van der Waals surface area contributed by atoms with Crippen LogP contribution < -0.4 is 10.5 Å².